The van der Waals surface area contributed by atoms with Gasteiger partial charge in [0, 0.05) is 0 Å². The van der Waals surface area contributed by atoms with Crippen LogP contribution in [0.2, 0.25) is 0 Å². The summed E-state index contributed by atoms with van der Waals surface area (Å²) in [6, 6.07) is 0. The molecular weight excluding hydrogens is 477 g/mol. The third-order valence-corrected chi connectivity index (χ3v) is 11.5. The third-order valence-electron chi connectivity index (χ3n) is 4.06. The molecule has 0 aliphatic carbocycles. The van der Waals surface area contributed by atoms with Crippen LogP contribution < -0.4 is 0 Å². The van der Waals surface area contributed by atoms with E-state index in [9.17, 15) is 0 Å². The zero-order valence-electron chi connectivity index (χ0n) is 22.6. The Bertz CT molecular complexity index is 335. The maximum absolute atomic E-state index is 4.25. The molecule has 0 saturated carbocycles. The molecule has 0 saturated heterocycles. The van der Waals surface area contributed by atoms with Crippen LogP contribution in [-0.2, 0) is 17.9 Å². The summed E-state index contributed by atoms with van der Waals surface area (Å²) in [6.07, 6.45) is 2.01. The van der Waals surface area contributed by atoms with E-state index in [-0.39, 0.29) is 21.3 Å². The van der Waals surface area contributed by atoms with E-state index in [4.69, 9.17) is 0 Å². The van der Waals surface area contributed by atoms with Gasteiger partial charge in [0.25, 0.3) is 0 Å². The Morgan fingerprint density at radius 2 is 0.793 bits per heavy atom. The number of hydrogen-bond acceptors (Lipinski definition) is 0. The van der Waals surface area contributed by atoms with Gasteiger partial charge in [-0.1, -0.05) is 98.9 Å². The molecule has 0 N–H and O–H groups in total. The topological polar surface area (TPSA) is 0 Å². The molecule has 0 bridgehead atoms. The van der Waals surface area contributed by atoms with Crippen molar-refractivity contribution in [3.63, 3.8) is 0 Å². The fourth-order valence-electron chi connectivity index (χ4n) is 3.72. The number of allylic oxidation sites excluding steroid dienone is 1. The van der Waals surface area contributed by atoms with Crippen molar-refractivity contribution in [1.82, 2.24) is 0 Å². The van der Waals surface area contributed by atoms with Gasteiger partial charge in [0.15, 0.2) is 0 Å². The van der Waals surface area contributed by atoms with Crippen molar-refractivity contribution < 1.29 is 17.9 Å². The fourth-order valence-corrected chi connectivity index (χ4v) is 11.6. The molecule has 0 heterocycles. The first kappa shape index (κ1) is 37.2. The largest absolute Gasteiger partial charge is 0.521 e. The number of hydrogen-bond donors (Lipinski definition) is 0. The molecule has 0 spiro atoms. The molecule has 0 amide bonds. The number of rotatable bonds is 6. The summed E-state index contributed by atoms with van der Waals surface area (Å²) in [5, 5.41) is 0. The standard InChI is InChI=1S/2C9H21P.C6H10.C2H3.Rh/c2*1-7(2)10(8(3)4)9(5)6;1-5-6(2,3)4;1-2;/h2*7-9H,1-6H3;5H,2-4H3;1H,2H2;/q;;;-1;. The summed E-state index contributed by atoms with van der Waals surface area (Å²) in [5.74, 6) is 0. The van der Waals surface area contributed by atoms with Crippen molar-refractivity contribution in [3.05, 3.63) is 19.2 Å². The summed E-state index contributed by atoms with van der Waals surface area (Å²) in [6.45, 7) is 41.7. The first-order valence-electron chi connectivity index (χ1n) is 11.1. The van der Waals surface area contributed by atoms with E-state index in [1.807, 2.05) is 6.08 Å². The molecule has 0 aromatic rings. The molecule has 0 unspecified atom stereocenters. The SMILES string of the molecule is CC(C)(C)C=[C]=[Rh].CC(C)P(C(C)C)C(C)C.CC(C)P(C(C)C)C(C)C.[CH-]=C. The van der Waals surface area contributed by atoms with Gasteiger partial charge in [-0.05, 0) is 34.0 Å². The van der Waals surface area contributed by atoms with Gasteiger partial charge in [0.2, 0.25) is 0 Å². The van der Waals surface area contributed by atoms with Crippen molar-refractivity contribution in [2.75, 3.05) is 0 Å². The van der Waals surface area contributed by atoms with Crippen molar-refractivity contribution in [3.8, 4) is 0 Å². The molecule has 0 atom stereocenters. The summed E-state index contributed by atoms with van der Waals surface area (Å²) in [4.78, 5) is 0. The molecule has 0 rings (SSSR count). The van der Waals surface area contributed by atoms with Crippen molar-refractivity contribution in [2.45, 2.75) is 138 Å². The Morgan fingerprint density at radius 3 is 0.793 bits per heavy atom. The molecule has 0 aromatic heterocycles. The van der Waals surface area contributed by atoms with Crippen LogP contribution in [0.3, 0.4) is 0 Å². The van der Waals surface area contributed by atoms with Crippen LogP contribution in [0.15, 0.2) is 12.7 Å². The van der Waals surface area contributed by atoms with E-state index in [1.54, 1.807) is 0 Å². The van der Waals surface area contributed by atoms with Crippen LogP contribution in [-0.4, -0.2) is 38.2 Å². The van der Waals surface area contributed by atoms with Gasteiger partial charge in [-0.25, -0.2) is 0 Å². The minimum Gasteiger partial charge on any atom is -0.521 e. The average molecular weight is 533 g/mol. The minimum atomic E-state index is 0.262. The second-order valence-corrected chi connectivity index (χ2v) is 18.5. The molecule has 0 aliphatic heterocycles. The smallest absolute Gasteiger partial charge is 0.0261 e. The third kappa shape index (κ3) is 25.0. The van der Waals surface area contributed by atoms with Crippen LogP contribution in [0.4, 0.5) is 0 Å². The van der Waals surface area contributed by atoms with Gasteiger partial charge in [-0.3, -0.25) is 6.58 Å². The van der Waals surface area contributed by atoms with Crippen molar-refractivity contribution >= 4 is 20.1 Å². The minimum absolute atomic E-state index is 0.262. The van der Waals surface area contributed by atoms with Gasteiger partial charge >= 0.3 is 54.4 Å². The Labute approximate surface area is 199 Å². The van der Waals surface area contributed by atoms with E-state index in [1.165, 1.54) is 0 Å². The molecule has 0 radical (unpaired) electrons. The Balaban J connectivity index is -0.000000157. The molecule has 179 valence electrons. The van der Waals surface area contributed by atoms with Crippen LogP contribution in [0.1, 0.15) is 104 Å². The summed E-state index contributed by atoms with van der Waals surface area (Å²) in [7, 11) is 0.525. The normalized spacial score (nSPS) is 11.3. The van der Waals surface area contributed by atoms with Crippen molar-refractivity contribution in [2.24, 2.45) is 5.41 Å². The quantitative estimate of drug-likeness (QED) is 0.182. The maximum Gasteiger partial charge on any atom is -0.0261 e. The van der Waals surface area contributed by atoms with Crippen LogP contribution >= 0.6 is 15.8 Å². The van der Waals surface area contributed by atoms with Crippen LogP contribution in [0, 0.1) is 12.0 Å². The molecule has 29 heavy (non-hydrogen) atoms. The Morgan fingerprint density at radius 1 is 0.621 bits per heavy atom. The van der Waals surface area contributed by atoms with Crippen LogP contribution in [0.5, 0.6) is 0 Å². The molecule has 0 aliphatic rings. The molecular formula is C26H55P2Rh-. The van der Waals surface area contributed by atoms with E-state index >= 15 is 0 Å². The molecule has 0 nitrogen and oxygen atoms in total. The van der Waals surface area contributed by atoms with Gasteiger partial charge in [0.05, 0.1) is 0 Å². The Kier molecular flexibility index (Phi) is 26.6. The summed E-state index contributed by atoms with van der Waals surface area (Å²) >= 11 is 2.60. The van der Waals surface area contributed by atoms with Gasteiger partial charge in [0.1, 0.15) is 0 Å². The zero-order chi connectivity index (χ0) is 24.5. The van der Waals surface area contributed by atoms with Crippen LogP contribution in [0.25, 0.3) is 0 Å². The molecule has 3 heteroatoms. The first-order chi connectivity index (χ1) is 13.0. The summed E-state index contributed by atoms with van der Waals surface area (Å²) < 4.78 is 2.87. The second-order valence-electron chi connectivity index (χ2n) is 10.1. The maximum atomic E-state index is 4.25. The van der Waals surface area contributed by atoms with E-state index in [0.29, 0.717) is 0 Å². The Hall–Kier alpha value is 0.873. The van der Waals surface area contributed by atoms with E-state index in [0.717, 1.165) is 34.0 Å². The van der Waals surface area contributed by atoms with Gasteiger partial charge in [-0.2, -0.15) is 0 Å². The van der Waals surface area contributed by atoms with Gasteiger partial charge in [-0.15, -0.1) is 0 Å². The second kappa shape index (κ2) is 20.8. The van der Waals surface area contributed by atoms with Crippen molar-refractivity contribution in [1.29, 1.82) is 0 Å². The zero-order valence-corrected chi connectivity index (χ0v) is 26.0. The predicted octanol–water partition coefficient (Wildman–Crippen LogP) is 9.53. The first-order valence-corrected chi connectivity index (χ1v) is 15.0. The fraction of sp³-hybridized carbons (Fsp3) is 0.846. The van der Waals surface area contributed by atoms with E-state index < -0.39 is 0 Å². The monoisotopic (exact) mass is 532 g/mol. The van der Waals surface area contributed by atoms with Gasteiger partial charge < -0.3 is 6.58 Å². The summed E-state index contributed by atoms with van der Waals surface area (Å²) in [5.41, 5.74) is 5.68. The molecule has 0 fully saturated rings. The molecule has 0 aromatic carbocycles. The average Bonchev–Trinajstić information content (AvgIpc) is 2.46. The predicted molar refractivity (Wildman–Crippen MR) is 144 cm³/mol. The van der Waals surface area contributed by atoms with E-state index in [2.05, 4.69) is 139 Å².